The molecule has 66 valence electrons. The van der Waals surface area contributed by atoms with Crippen molar-refractivity contribution in [1.82, 2.24) is 4.98 Å². The zero-order chi connectivity index (χ0) is 9.35. The largest absolute Gasteiger partial charge is 0.501 e. The van der Waals surface area contributed by atoms with Gasteiger partial charge in [0.2, 0.25) is 0 Å². The summed E-state index contributed by atoms with van der Waals surface area (Å²) in [5.74, 6) is 0. The van der Waals surface area contributed by atoms with Gasteiger partial charge in [0.25, 0.3) is 0 Å². The van der Waals surface area contributed by atoms with Crippen LogP contribution in [0.1, 0.15) is 5.69 Å². The average molecular weight is 197 g/mol. The first-order chi connectivity index (χ1) is 5.43. The lowest BCUT2D eigenvalue weighted by molar-refractivity contribution is -0.140. The van der Waals surface area contributed by atoms with Crippen molar-refractivity contribution in [3.63, 3.8) is 0 Å². The number of halogens is 3. The number of thiazole rings is 1. The van der Waals surface area contributed by atoms with E-state index in [0.29, 0.717) is 11.3 Å². The van der Waals surface area contributed by atoms with Crippen molar-refractivity contribution in [1.29, 1.82) is 0 Å². The van der Waals surface area contributed by atoms with Crippen molar-refractivity contribution in [3.8, 4) is 0 Å². The van der Waals surface area contributed by atoms with Crippen molar-refractivity contribution < 1.29 is 23.2 Å². The van der Waals surface area contributed by atoms with Crippen LogP contribution in [0.4, 0.5) is 13.2 Å². The molecule has 2 N–H and O–H groups in total. The Morgan fingerprint density at radius 2 is 2.00 bits per heavy atom. The highest BCUT2D eigenvalue weighted by atomic mass is 32.1. The molecule has 8 heteroatoms. The number of nitrogens with zero attached hydrogens (tertiary/aromatic N) is 1. The Hall–Kier alpha value is -0.595. The molecule has 12 heavy (non-hydrogen) atoms. The fourth-order valence-electron chi connectivity index (χ4n) is 0.651. The molecule has 1 aromatic heterocycles. The number of rotatable bonds is 1. The van der Waals surface area contributed by atoms with Crippen LogP contribution in [-0.4, -0.2) is 22.2 Å². The van der Waals surface area contributed by atoms with E-state index < -0.39 is 23.8 Å². The molecule has 1 aromatic rings. The van der Waals surface area contributed by atoms with Gasteiger partial charge in [-0.15, -0.1) is 11.3 Å². The summed E-state index contributed by atoms with van der Waals surface area (Å²) in [4.78, 5) is 2.98. The molecule has 0 bridgehead atoms. The Kier molecular flexibility index (Phi) is 2.40. The number of hydrogen-bond donors (Lipinski definition) is 2. The zero-order valence-electron chi connectivity index (χ0n) is 5.54. The summed E-state index contributed by atoms with van der Waals surface area (Å²) < 4.78 is 35.3. The van der Waals surface area contributed by atoms with Crippen molar-refractivity contribution in [3.05, 3.63) is 11.2 Å². The van der Waals surface area contributed by atoms with Crippen LogP contribution in [0.2, 0.25) is 0 Å². The monoisotopic (exact) mass is 197 g/mol. The van der Waals surface area contributed by atoms with Crippen molar-refractivity contribution in [2.24, 2.45) is 0 Å². The van der Waals surface area contributed by atoms with E-state index in [4.69, 9.17) is 10.0 Å². The lowest BCUT2D eigenvalue weighted by Gasteiger charge is -2.04. The van der Waals surface area contributed by atoms with Crippen molar-refractivity contribution in [2.75, 3.05) is 0 Å². The van der Waals surface area contributed by atoms with Gasteiger partial charge in [-0.05, 0) is 0 Å². The van der Waals surface area contributed by atoms with E-state index in [1.165, 1.54) is 0 Å². The highest BCUT2D eigenvalue weighted by molar-refractivity contribution is 7.20. The predicted octanol–water partition coefficient (Wildman–Crippen LogP) is -0.158. The molecule has 0 fully saturated rings. The number of hydrogen-bond acceptors (Lipinski definition) is 4. The Morgan fingerprint density at radius 3 is 2.33 bits per heavy atom. The second-order valence-corrected chi connectivity index (χ2v) is 2.82. The van der Waals surface area contributed by atoms with Crippen LogP contribution >= 0.6 is 11.3 Å². The fraction of sp³-hybridized carbons (Fsp3) is 0.250. The summed E-state index contributed by atoms with van der Waals surface area (Å²) >= 11 is 0.553. The topological polar surface area (TPSA) is 53.4 Å². The molecule has 0 saturated carbocycles. The summed E-state index contributed by atoms with van der Waals surface area (Å²) in [5, 5.41) is 17.0. The molecule has 0 saturated heterocycles. The van der Waals surface area contributed by atoms with Crippen LogP contribution in [0.25, 0.3) is 0 Å². The Labute approximate surface area is 69.6 Å². The maximum Gasteiger partial charge on any atom is 0.501 e. The quantitative estimate of drug-likeness (QED) is 0.615. The first kappa shape index (κ1) is 9.49. The average Bonchev–Trinajstić information content (AvgIpc) is 2.30. The SMILES string of the molecule is OB(O)c1scnc1C(F)(F)F. The summed E-state index contributed by atoms with van der Waals surface area (Å²) in [6.07, 6.45) is -4.63. The zero-order valence-corrected chi connectivity index (χ0v) is 6.35. The summed E-state index contributed by atoms with van der Waals surface area (Å²) in [6.45, 7) is 0. The molecule has 1 rings (SSSR count). The van der Waals surface area contributed by atoms with Gasteiger partial charge in [0.1, 0.15) is 0 Å². The lowest BCUT2D eigenvalue weighted by Crippen LogP contribution is -2.33. The van der Waals surface area contributed by atoms with E-state index in [-0.39, 0.29) is 0 Å². The molecule has 0 spiro atoms. The van der Waals surface area contributed by atoms with Crippen LogP contribution in [-0.2, 0) is 6.18 Å². The van der Waals surface area contributed by atoms with Gasteiger partial charge in [-0.3, -0.25) is 0 Å². The molecule has 0 aliphatic carbocycles. The van der Waals surface area contributed by atoms with Gasteiger partial charge in [0.15, 0.2) is 5.69 Å². The molecule has 0 unspecified atom stereocenters. The lowest BCUT2D eigenvalue weighted by atomic mass is 9.87. The van der Waals surface area contributed by atoms with Gasteiger partial charge < -0.3 is 10.0 Å². The molecule has 0 aromatic carbocycles. The Bertz CT molecular complexity index is 274. The van der Waals surface area contributed by atoms with Gasteiger partial charge in [0.05, 0.1) is 10.3 Å². The molecular weight excluding hydrogens is 194 g/mol. The Morgan fingerprint density at radius 1 is 1.42 bits per heavy atom. The van der Waals surface area contributed by atoms with Crippen molar-refractivity contribution >= 4 is 23.2 Å². The molecule has 0 aliphatic rings. The van der Waals surface area contributed by atoms with E-state index in [2.05, 4.69) is 4.98 Å². The van der Waals surface area contributed by atoms with E-state index in [1.54, 1.807) is 0 Å². The van der Waals surface area contributed by atoms with Crippen molar-refractivity contribution in [2.45, 2.75) is 6.18 Å². The predicted molar refractivity (Wildman–Crippen MR) is 36.9 cm³/mol. The second-order valence-electron chi connectivity index (χ2n) is 1.94. The number of alkyl halides is 3. The maximum absolute atomic E-state index is 12.0. The normalized spacial score (nSPS) is 11.8. The van der Waals surface area contributed by atoms with Crippen LogP contribution in [0, 0.1) is 0 Å². The molecule has 0 aliphatic heterocycles. The highest BCUT2D eigenvalue weighted by Gasteiger charge is 2.39. The van der Waals surface area contributed by atoms with E-state index in [0.717, 1.165) is 5.51 Å². The minimum atomic E-state index is -4.63. The smallest absolute Gasteiger partial charge is 0.423 e. The minimum Gasteiger partial charge on any atom is -0.423 e. The van der Waals surface area contributed by atoms with Gasteiger partial charge in [-0.25, -0.2) is 4.98 Å². The van der Waals surface area contributed by atoms with Gasteiger partial charge in [-0.2, -0.15) is 13.2 Å². The van der Waals surface area contributed by atoms with E-state index in [1.807, 2.05) is 0 Å². The molecular formula is C4H3BF3NO2S. The van der Waals surface area contributed by atoms with Gasteiger partial charge in [0, 0.05) is 0 Å². The first-order valence-electron chi connectivity index (χ1n) is 2.79. The van der Waals surface area contributed by atoms with Gasteiger partial charge in [-0.1, -0.05) is 0 Å². The Balaban J connectivity index is 3.08. The first-order valence-corrected chi connectivity index (χ1v) is 3.67. The molecule has 1 heterocycles. The van der Waals surface area contributed by atoms with Crippen LogP contribution < -0.4 is 4.78 Å². The van der Waals surface area contributed by atoms with E-state index in [9.17, 15) is 13.2 Å². The second kappa shape index (κ2) is 3.04. The fourth-order valence-corrected chi connectivity index (χ4v) is 1.32. The third-order valence-electron chi connectivity index (χ3n) is 1.10. The van der Waals surface area contributed by atoms with Crippen LogP contribution in [0.15, 0.2) is 5.51 Å². The highest BCUT2D eigenvalue weighted by Crippen LogP contribution is 2.27. The summed E-state index contributed by atoms with van der Waals surface area (Å²) in [6, 6.07) is 0. The molecule has 0 atom stereocenters. The van der Waals surface area contributed by atoms with Crippen LogP contribution in [0.5, 0.6) is 0 Å². The van der Waals surface area contributed by atoms with Gasteiger partial charge >= 0.3 is 13.3 Å². The minimum absolute atomic E-state index is 0.553. The third kappa shape index (κ3) is 1.76. The third-order valence-corrected chi connectivity index (χ3v) is 1.97. The molecule has 0 amide bonds. The molecule has 3 nitrogen and oxygen atoms in total. The maximum atomic E-state index is 12.0. The number of aromatic nitrogens is 1. The van der Waals surface area contributed by atoms with Crippen LogP contribution in [0.3, 0.4) is 0 Å². The standard InChI is InChI=1S/C4H3BF3NO2S/c6-4(7,8)2-3(5(10)11)12-1-9-2/h1,10-11H. The summed E-state index contributed by atoms with van der Waals surface area (Å²) in [7, 11) is -2.12. The summed E-state index contributed by atoms with van der Waals surface area (Å²) in [5.41, 5.74) is -0.320. The van der Waals surface area contributed by atoms with E-state index >= 15 is 0 Å². The molecule has 0 radical (unpaired) electrons.